The highest BCUT2D eigenvalue weighted by Gasteiger charge is 2.08. The summed E-state index contributed by atoms with van der Waals surface area (Å²) in [5.74, 6) is 0.626. The standard InChI is InChI=1S/C19H25N3O/c1-4-5-6-10-20-18-13-16(9-11-21-18)19(23)22-17-8-7-14(2)15(3)12-17/h7-9,11-13H,4-6,10H2,1-3H3,(H,20,21)(H,22,23). The summed E-state index contributed by atoms with van der Waals surface area (Å²) in [6, 6.07) is 9.44. The number of anilines is 2. The number of carbonyl (C=O) groups excluding carboxylic acids is 1. The summed E-state index contributed by atoms with van der Waals surface area (Å²) in [6.45, 7) is 7.15. The van der Waals surface area contributed by atoms with Crippen LogP contribution in [0.5, 0.6) is 0 Å². The van der Waals surface area contributed by atoms with Gasteiger partial charge in [0.1, 0.15) is 5.82 Å². The van der Waals surface area contributed by atoms with Crippen molar-refractivity contribution < 1.29 is 4.79 Å². The third-order valence-electron chi connectivity index (χ3n) is 3.87. The Kier molecular flexibility index (Phi) is 6.15. The molecule has 1 amide bonds. The van der Waals surface area contributed by atoms with Crippen LogP contribution in [0.25, 0.3) is 0 Å². The summed E-state index contributed by atoms with van der Waals surface area (Å²) in [5, 5.41) is 6.20. The second kappa shape index (κ2) is 8.32. The van der Waals surface area contributed by atoms with Crippen molar-refractivity contribution in [1.29, 1.82) is 0 Å². The predicted octanol–water partition coefficient (Wildman–Crippen LogP) is 4.55. The Morgan fingerprint density at radius 1 is 1.09 bits per heavy atom. The van der Waals surface area contributed by atoms with Crippen LogP contribution >= 0.6 is 0 Å². The molecule has 23 heavy (non-hydrogen) atoms. The minimum absolute atomic E-state index is 0.118. The summed E-state index contributed by atoms with van der Waals surface area (Å²) in [6.07, 6.45) is 5.15. The van der Waals surface area contributed by atoms with Gasteiger partial charge in [-0.3, -0.25) is 4.79 Å². The van der Waals surface area contributed by atoms with Crippen molar-refractivity contribution in [2.75, 3.05) is 17.2 Å². The maximum atomic E-state index is 12.4. The Morgan fingerprint density at radius 3 is 2.65 bits per heavy atom. The van der Waals surface area contributed by atoms with Crippen molar-refractivity contribution in [2.24, 2.45) is 0 Å². The number of unbranched alkanes of at least 4 members (excludes halogenated alkanes) is 2. The molecule has 1 aromatic heterocycles. The third-order valence-corrected chi connectivity index (χ3v) is 3.87. The zero-order valence-electron chi connectivity index (χ0n) is 14.1. The monoisotopic (exact) mass is 311 g/mol. The number of aryl methyl sites for hydroxylation is 2. The Morgan fingerprint density at radius 2 is 1.91 bits per heavy atom. The Labute approximate surface area is 138 Å². The van der Waals surface area contributed by atoms with Gasteiger partial charge in [0, 0.05) is 24.0 Å². The first-order valence-electron chi connectivity index (χ1n) is 8.18. The lowest BCUT2D eigenvalue weighted by Crippen LogP contribution is -2.13. The molecule has 2 N–H and O–H groups in total. The molecule has 0 bridgehead atoms. The number of hydrogen-bond acceptors (Lipinski definition) is 3. The number of rotatable bonds is 7. The molecule has 0 fully saturated rings. The molecular weight excluding hydrogens is 286 g/mol. The molecule has 0 atom stereocenters. The number of nitrogens with zero attached hydrogens (tertiary/aromatic N) is 1. The van der Waals surface area contributed by atoms with Crippen LogP contribution in [0.3, 0.4) is 0 Å². The van der Waals surface area contributed by atoms with E-state index in [9.17, 15) is 4.79 Å². The highest BCUT2D eigenvalue weighted by Crippen LogP contribution is 2.16. The lowest BCUT2D eigenvalue weighted by Gasteiger charge is -2.09. The molecule has 1 heterocycles. The maximum absolute atomic E-state index is 12.4. The third kappa shape index (κ3) is 5.09. The molecule has 0 aliphatic rings. The average molecular weight is 311 g/mol. The van der Waals surface area contributed by atoms with Crippen LogP contribution in [0.1, 0.15) is 47.7 Å². The first kappa shape index (κ1) is 17.0. The van der Waals surface area contributed by atoms with Gasteiger partial charge in [-0.1, -0.05) is 25.8 Å². The molecule has 0 spiro atoms. The van der Waals surface area contributed by atoms with Crippen molar-refractivity contribution in [3.8, 4) is 0 Å². The van der Waals surface area contributed by atoms with Gasteiger partial charge in [-0.25, -0.2) is 4.98 Å². The normalized spacial score (nSPS) is 10.4. The first-order chi connectivity index (χ1) is 11.1. The Hall–Kier alpha value is -2.36. The van der Waals surface area contributed by atoms with Gasteiger partial charge in [-0.15, -0.1) is 0 Å². The molecule has 4 heteroatoms. The van der Waals surface area contributed by atoms with Crippen LogP contribution in [0.15, 0.2) is 36.5 Å². The maximum Gasteiger partial charge on any atom is 0.255 e. The van der Waals surface area contributed by atoms with Crippen LogP contribution in [0, 0.1) is 13.8 Å². The molecular formula is C19H25N3O. The van der Waals surface area contributed by atoms with Crippen molar-refractivity contribution in [3.63, 3.8) is 0 Å². The van der Waals surface area contributed by atoms with Gasteiger partial charge in [0.15, 0.2) is 0 Å². The quantitative estimate of drug-likeness (QED) is 0.737. The molecule has 0 saturated carbocycles. The SMILES string of the molecule is CCCCCNc1cc(C(=O)Nc2ccc(C)c(C)c2)ccn1. The van der Waals surface area contributed by atoms with Crippen LogP contribution < -0.4 is 10.6 Å². The van der Waals surface area contributed by atoms with E-state index >= 15 is 0 Å². The van der Waals surface area contributed by atoms with E-state index in [0.717, 1.165) is 30.0 Å². The van der Waals surface area contributed by atoms with Crippen LogP contribution in [-0.4, -0.2) is 17.4 Å². The Balaban J connectivity index is 2.00. The van der Waals surface area contributed by atoms with Gasteiger partial charge < -0.3 is 10.6 Å². The number of hydrogen-bond donors (Lipinski definition) is 2. The predicted molar refractivity (Wildman–Crippen MR) is 96.1 cm³/mol. The van der Waals surface area contributed by atoms with E-state index < -0.39 is 0 Å². The second-order valence-electron chi connectivity index (χ2n) is 5.82. The first-order valence-corrected chi connectivity index (χ1v) is 8.18. The molecule has 122 valence electrons. The largest absolute Gasteiger partial charge is 0.370 e. The molecule has 2 rings (SSSR count). The van der Waals surface area contributed by atoms with E-state index in [4.69, 9.17) is 0 Å². The number of carbonyl (C=O) groups is 1. The number of amides is 1. The number of aromatic nitrogens is 1. The van der Waals surface area contributed by atoms with E-state index in [1.807, 2.05) is 25.1 Å². The van der Waals surface area contributed by atoms with E-state index in [1.165, 1.54) is 18.4 Å². The van der Waals surface area contributed by atoms with Gasteiger partial charge >= 0.3 is 0 Å². The van der Waals surface area contributed by atoms with Crippen molar-refractivity contribution >= 4 is 17.4 Å². The van der Waals surface area contributed by atoms with Crippen molar-refractivity contribution in [3.05, 3.63) is 53.2 Å². The van der Waals surface area contributed by atoms with Gasteiger partial charge in [-0.2, -0.15) is 0 Å². The molecule has 0 unspecified atom stereocenters. The fraction of sp³-hybridized carbons (Fsp3) is 0.368. The molecule has 1 aromatic carbocycles. The lowest BCUT2D eigenvalue weighted by molar-refractivity contribution is 0.102. The summed E-state index contributed by atoms with van der Waals surface area (Å²) in [7, 11) is 0. The number of nitrogens with one attached hydrogen (secondary N) is 2. The van der Waals surface area contributed by atoms with E-state index in [2.05, 4.69) is 29.5 Å². The molecule has 4 nitrogen and oxygen atoms in total. The molecule has 0 radical (unpaired) electrons. The molecule has 0 saturated heterocycles. The van der Waals surface area contributed by atoms with Crippen LogP contribution in [0.4, 0.5) is 11.5 Å². The van der Waals surface area contributed by atoms with Crippen LogP contribution in [0.2, 0.25) is 0 Å². The fourth-order valence-electron chi connectivity index (χ4n) is 2.28. The van der Waals surface area contributed by atoms with E-state index in [-0.39, 0.29) is 5.91 Å². The highest BCUT2D eigenvalue weighted by molar-refractivity contribution is 6.04. The van der Waals surface area contributed by atoms with Gasteiger partial charge in [0.05, 0.1) is 0 Å². The average Bonchev–Trinajstić information content (AvgIpc) is 2.55. The van der Waals surface area contributed by atoms with Gasteiger partial charge in [0.2, 0.25) is 0 Å². The lowest BCUT2D eigenvalue weighted by atomic mass is 10.1. The molecule has 0 aliphatic heterocycles. The molecule has 0 aliphatic carbocycles. The van der Waals surface area contributed by atoms with Crippen molar-refractivity contribution in [2.45, 2.75) is 40.0 Å². The summed E-state index contributed by atoms with van der Waals surface area (Å²) >= 11 is 0. The minimum atomic E-state index is -0.118. The molecule has 2 aromatic rings. The minimum Gasteiger partial charge on any atom is -0.370 e. The number of pyridine rings is 1. The van der Waals surface area contributed by atoms with Crippen LogP contribution in [-0.2, 0) is 0 Å². The second-order valence-corrected chi connectivity index (χ2v) is 5.82. The zero-order valence-corrected chi connectivity index (χ0v) is 14.1. The smallest absolute Gasteiger partial charge is 0.255 e. The van der Waals surface area contributed by atoms with Gasteiger partial charge in [0.25, 0.3) is 5.91 Å². The fourth-order valence-corrected chi connectivity index (χ4v) is 2.28. The topological polar surface area (TPSA) is 54.0 Å². The Bertz CT molecular complexity index is 667. The summed E-state index contributed by atoms with van der Waals surface area (Å²) in [4.78, 5) is 16.6. The highest BCUT2D eigenvalue weighted by atomic mass is 16.1. The summed E-state index contributed by atoms with van der Waals surface area (Å²) in [5.41, 5.74) is 3.80. The van der Waals surface area contributed by atoms with Gasteiger partial charge in [-0.05, 0) is 55.7 Å². The van der Waals surface area contributed by atoms with Crippen molar-refractivity contribution in [1.82, 2.24) is 4.98 Å². The number of benzene rings is 1. The zero-order chi connectivity index (χ0) is 16.7. The van der Waals surface area contributed by atoms with E-state index in [0.29, 0.717) is 5.56 Å². The van der Waals surface area contributed by atoms with E-state index in [1.54, 1.807) is 18.3 Å². The summed E-state index contributed by atoms with van der Waals surface area (Å²) < 4.78 is 0.